The van der Waals surface area contributed by atoms with Crippen molar-refractivity contribution < 1.29 is 19.1 Å². The number of aromatic hydroxyl groups is 1. The van der Waals surface area contributed by atoms with E-state index < -0.39 is 5.97 Å². The summed E-state index contributed by atoms with van der Waals surface area (Å²) in [7, 11) is 0. The molecule has 3 aromatic heterocycles. The number of benzene rings is 1. The quantitative estimate of drug-likeness (QED) is 0.442. The Kier molecular flexibility index (Phi) is 4.10. The van der Waals surface area contributed by atoms with Gasteiger partial charge >= 0.3 is 5.97 Å². The van der Waals surface area contributed by atoms with E-state index in [0.717, 1.165) is 0 Å². The number of fused-ring (bicyclic) bond motifs is 1. The van der Waals surface area contributed by atoms with Crippen LogP contribution < -0.4 is 10.2 Å². The van der Waals surface area contributed by atoms with Crippen LogP contribution in [0.25, 0.3) is 22.3 Å². The molecular weight excluding hydrogens is 348 g/mol. The van der Waals surface area contributed by atoms with Gasteiger partial charge in [0, 0.05) is 36.4 Å². The highest BCUT2D eigenvalue weighted by Crippen LogP contribution is 2.32. The third-order valence-corrected chi connectivity index (χ3v) is 3.87. The number of phenolic OH excluding ortho intramolecular Hbond substituents is 1. The first-order valence-corrected chi connectivity index (χ1v) is 7.95. The monoisotopic (exact) mass is 360 g/mol. The van der Waals surface area contributed by atoms with E-state index in [2.05, 4.69) is 9.97 Å². The molecule has 1 N–H and O–H groups in total. The number of aromatic nitrogens is 2. The first-order chi connectivity index (χ1) is 13.1. The van der Waals surface area contributed by atoms with Crippen molar-refractivity contribution in [3.05, 3.63) is 83.0 Å². The van der Waals surface area contributed by atoms with Crippen LogP contribution in [-0.2, 0) is 0 Å². The van der Waals surface area contributed by atoms with Crippen LogP contribution in [0.1, 0.15) is 10.4 Å². The van der Waals surface area contributed by atoms with Crippen LogP contribution in [-0.4, -0.2) is 21.0 Å². The minimum absolute atomic E-state index is 0.0139. The fourth-order valence-corrected chi connectivity index (χ4v) is 2.54. The summed E-state index contributed by atoms with van der Waals surface area (Å²) in [5.41, 5.74) is 0.865. The van der Waals surface area contributed by atoms with Gasteiger partial charge in [-0.3, -0.25) is 14.8 Å². The lowest BCUT2D eigenvalue weighted by Crippen LogP contribution is -2.08. The Morgan fingerprint density at radius 3 is 2.67 bits per heavy atom. The molecule has 132 valence electrons. The fourth-order valence-electron chi connectivity index (χ4n) is 2.54. The van der Waals surface area contributed by atoms with Gasteiger partial charge in [-0.05, 0) is 36.4 Å². The molecule has 27 heavy (non-hydrogen) atoms. The number of carbonyl (C=O) groups excluding carboxylic acids is 1. The molecule has 0 bridgehead atoms. The number of hydrogen-bond donors (Lipinski definition) is 1. The second-order valence-electron chi connectivity index (χ2n) is 5.66. The number of pyridine rings is 2. The molecule has 4 aromatic rings. The van der Waals surface area contributed by atoms with Crippen molar-refractivity contribution in [2.24, 2.45) is 0 Å². The van der Waals surface area contributed by atoms with Crippen molar-refractivity contribution >= 4 is 16.9 Å². The molecule has 0 amide bonds. The van der Waals surface area contributed by atoms with Gasteiger partial charge in [-0.25, -0.2) is 4.79 Å². The van der Waals surface area contributed by atoms with Gasteiger partial charge in [0.25, 0.3) is 0 Å². The molecule has 0 fully saturated rings. The minimum Gasteiger partial charge on any atom is -0.504 e. The van der Waals surface area contributed by atoms with E-state index in [9.17, 15) is 14.7 Å². The highest BCUT2D eigenvalue weighted by molar-refractivity contribution is 5.91. The van der Waals surface area contributed by atoms with Crippen molar-refractivity contribution in [2.45, 2.75) is 0 Å². The SMILES string of the molecule is O=C(Oc1ccc(-c2cc(=O)c3cnccc3o2)cc1O)c1cccnc1. The van der Waals surface area contributed by atoms with Crippen LogP contribution in [0.3, 0.4) is 0 Å². The molecule has 0 aliphatic carbocycles. The van der Waals surface area contributed by atoms with E-state index in [1.165, 1.54) is 43.0 Å². The number of esters is 1. The number of ether oxygens (including phenoxy) is 1. The smallest absolute Gasteiger partial charge is 0.345 e. The van der Waals surface area contributed by atoms with Crippen molar-refractivity contribution in [3.63, 3.8) is 0 Å². The molecule has 0 aliphatic heterocycles. The zero-order chi connectivity index (χ0) is 18.8. The Morgan fingerprint density at radius 2 is 1.89 bits per heavy atom. The Balaban J connectivity index is 1.66. The molecule has 0 radical (unpaired) electrons. The molecule has 7 nitrogen and oxygen atoms in total. The Morgan fingerprint density at radius 1 is 1.04 bits per heavy atom. The standard InChI is InChI=1S/C20H12N2O5/c23-15-9-19(26-17-5-7-22-11-14(15)17)12-3-4-18(16(24)8-12)27-20(25)13-2-1-6-21-10-13/h1-11,24H. The highest BCUT2D eigenvalue weighted by atomic mass is 16.5. The minimum atomic E-state index is -0.643. The lowest BCUT2D eigenvalue weighted by atomic mass is 10.1. The third kappa shape index (κ3) is 3.25. The normalized spacial score (nSPS) is 10.7. The van der Waals surface area contributed by atoms with Crippen LogP contribution in [0.4, 0.5) is 0 Å². The van der Waals surface area contributed by atoms with Crippen molar-refractivity contribution in [2.75, 3.05) is 0 Å². The average molecular weight is 360 g/mol. The molecule has 0 saturated carbocycles. The molecule has 0 unspecified atom stereocenters. The van der Waals surface area contributed by atoms with Gasteiger partial charge < -0.3 is 14.3 Å². The lowest BCUT2D eigenvalue weighted by molar-refractivity contribution is 0.0729. The second-order valence-corrected chi connectivity index (χ2v) is 5.66. The van der Waals surface area contributed by atoms with Crippen molar-refractivity contribution in [3.8, 4) is 22.8 Å². The van der Waals surface area contributed by atoms with E-state index in [1.54, 1.807) is 24.3 Å². The van der Waals surface area contributed by atoms with Gasteiger partial charge in [0.15, 0.2) is 16.9 Å². The zero-order valence-electron chi connectivity index (χ0n) is 13.8. The summed E-state index contributed by atoms with van der Waals surface area (Å²) in [6.45, 7) is 0. The Hall–Kier alpha value is -4.00. The summed E-state index contributed by atoms with van der Waals surface area (Å²) in [5, 5.41) is 10.6. The summed E-state index contributed by atoms with van der Waals surface area (Å²) in [5.74, 6) is -0.642. The second kappa shape index (κ2) is 6.72. The Bertz CT molecular complexity index is 1200. The van der Waals surface area contributed by atoms with E-state index in [1.807, 2.05) is 0 Å². The molecule has 7 heteroatoms. The number of carbonyl (C=O) groups is 1. The van der Waals surface area contributed by atoms with Crippen molar-refractivity contribution in [1.82, 2.24) is 9.97 Å². The number of nitrogens with zero attached hydrogens (tertiary/aromatic N) is 2. The van der Waals surface area contributed by atoms with Crippen LogP contribution in [0.15, 0.2) is 76.5 Å². The van der Waals surface area contributed by atoms with Gasteiger partial charge in [0.05, 0.1) is 10.9 Å². The first-order valence-electron chi connectivity index (χ1n) is 7.95. The van der Waals surface area contributed by atoms with Gasteiger partial charge in [-0.1, -0.05) is 0 Å². The van der Waals surface area contributed by atoms with E-state index in [4.69, 9.17) is 9.15 Å². The summed E-state index contributed by atoms with van der Waals surface area (Å²) in [4.78, 5) is 32.0. The van der Waals surface area contributed by atoms with Crippen LogP contribution in [0.5, 0.6) is 11.5 Å². The molecule has 0 aliphatic rings. The predicted molar refractivity (Wildman–Crippen MR) is 96.6 cm³/mol. The molecule has 1 aromatic carbocycles. The first kappa shape index (κ1) is 16.5. The highest BCUT2D eigenvalue weighted by Gasteiger charge is 2.14. The van der Waals surface area contributed by atoms with Gasteiger partial charge in [0.2, 0.25) is 0 Å². The van der Waals surface area contributed by atoms with Crippen LogP contribution in [0.2, 0.25) is 0 Å². The van der Waals surface area contributed by atoms with Gasteiger partial charge in [0.1, 0.15) is 11.3 Å². The summed E-state index contributed by atoms with van der Waals surface area (Å²) in [6.07, 6.45) is 5.86. The topological polar surface area (TPSA) is 103 Å². The van der Waals surface area contributed by atoms with Crippen molar-refractivity contribution in [1.29, 1.82) is 0 Å². The lowest BCUT2D eigenvalue weighted by Gasteiger charge is -2.08. The molecule has 3 heterocycles. The molecular formula is C20H12N2O5. The Labute approximate surface area is 152 Å². The fraction of sp³-hybridized carbons (Fsp3) is 0. The molecule has 0 spiro atoms. The zero-order valence-corrected chi connectivity index (χ0v) is 13.8. The molecule has 0 saturated heterocycles. The van der Waals surface area contributed by atoms with Crippen LogP contribution in [0, 0.1) is 0 Å². The summed E-state index contributed by atoms with van der Waals surface area (Å²) in [6, 6.07) is 10.4. The molecule has 0 atom stereocenters. The molecule has 4 rings (SSSR count). The van der Waals surface area contributed by atoms with Gasteiger partial charge in [-0.15, -0.1) is 0 Å². The maximum absolute atomic E-state index is 12.2. The van der Waals surface area contributed by atoms with E-state index >= 15 is 0 Å². The maximum atomic E-state index is 12.2. The van der Waals surface area contributed by atoms with E-state index in [-0.39, 0.29) is 28.3 Å². The summed E-state index contributed by atoms with van der Waals surface area (Å²) < 4.78 is 10.9. The number of phenols is 1. The van der Waals surface area contributed by atoms with Crippen LogP contribution >= 0.6 is 0 Å². The average Bonchev–Trinajstić information content (AvgIpc) is 2.70. The maximum Gasteiger partial charge on any atom is 0.345 e. The number of hydrogen-bond acceptors (Lipinski definition) is 7. The third-order valence-electron chi connectivity index (χ3n) is 3.87. The number of rotatable bonds is 3. The summed E-state index contributed by atoms with van der Waals surface area (Å²) >= 11 is 0. The largest absolute Gasteiger partial charge is 0.504 e. The predicted octanol–water partition coefficient (Wildman–Crippen LogP) is 3.17. The van der Waals surface area contributed by atoms with E-state index in [0.29, 0.717) is 16.5 Å². The van der Waals surface area contributed by atoms with Gasteiger partial charge in [-0.2, -0.15) is 0 Å².